The highest BCUT2D eigenvalue weighted by molar-refractivity contribution is 9.10. The van der Waals surface area contributed by atoms with E-state index < -0.39 is 5.41 Å². The summed E-state index contributed by atoms with van der Waals surface area (Å²) in [7, 11) is 0. The first-order valence-electron chi connectivity index (χ1n) is 6.01. The molecule has 0 aliphatic heterocycles. The van der Waals surface area contributed by atoms with Gasteiger partial charge in [0, 0.05) is 4.47 Å². The number of nitrogens with two attached hydrogens (primary N) is 1. The standard InChI is InChI=1S/C14H18BrNO/c1-9(2)10-7-14(8-10,13(16)17)11-4-3-5-12(15)6-11/h3-6,9-10H,7-8H2,1-2H3,(H2,16,17)/t10-,14+. The molecule has 1 aromatic carbocycles. The van der Waals surface area contributed by atoms with E-state index >= 15 is 0 Å². The summed E-state index contributed by atoms with van der Waals surface area (Å²) in [5.74, 6) is 1.05. The van der Waals surface area contributed by atoms with Gasteiger partial charge in [-0.3, -0.25) is 4.79 Å². The van der Waals surface area contributed by atoms with Gasteiger partial charge in [0.2, 0.25) is 5.91 Å². The summed E-state index contributed by atoms with van der Waals surface area (Å²) in [6, 6.07) is 7.96. The molecule has 2 N–H and O–H groups in total. The van der Waals surface area contributed by atoms with E-state index in [4.69, 9.17) is 5.73 Å². The fourth-order valence-electron chi connectivity index (χ4n) is 2.67. The average molecular weight is 296 g/mol. The largest absolute Gasteiger partial charge is 0.369 e. The van der Waals surface area contributed by atoms with Crippen molar-refractivity contribution in [1.82, 2.24) is 0 Å². The first-order chi connectivity index (χ1) is 7.95. The highest BCUT2D eigenvalue weighted by Crippen LogP contribution is 2.50. The third kappa shape index (κ3) is 2.13. The third-order valence-electron chi connectivity index (χ3n) is 4.01. The minimum absolute atomic E-state index is 0.187. The van der Waals surface area contributed by atoms with Gasteiger partial charge in [-0.2, -0.15) is 0 Å². The Balaban J connectivity index is 2.30. The molecule has 17 heavy (non-hydrogen) atoms. The van der Waals surface area contributed by atoms with Gasteiger partial charge in [0.1, 0.15) is 0 Å². The van der Waals surface area contributed by atoms with Crippen molar-refractivity contribution < 1.29 is 4.79 Å². The molecule has 1 aliphatic carbocycles. The van der Waals surface area contributed by atoms with Crippen molar-refractivity contribution in [3.05, 3.63) is 34.3 Å². The quantitative estimate of drug-likeness (QED) is 0.914. The Bertz CT molecular complexity index is 436. The van der Waals surface area contributed by atoms with Crippen LogP contribution in [0.4, 0.5) is 0 Å². The number of carbonyl (C=O) groups is 1. The van der Waals surface area contributed by atoms with Crippen LogP contribution in [0.1, 0.15) is 32.3 Å². The average Bonchev–Trinajstić information content (AvgIpc) is 2.14. The molecular formula is C14H18BrNO. The molecule has 2 nitrogen and oxygen atoms in total. The zero-order chi connectivity index (χ0) is 12.6. The monoisotopic (exact) mass is 295 g/mol. The molecule has 0 bridgehead atoms. The SMILES string of the molecule is CC(C)[C@H]1C[C@](C(N)=O)(c2cccc(Br)c2)C1. The van der Waals surface area contributed by atoms with Crippen molar-refractivity contribution in [3.8, 4) is 0 Å². The zero-order valence-corrected chi connectivity index (χ0v) is 11.8. The Hall–Kier alpha value is -0.830. The maximum absolute atomic E-state index is 11.8. The predicted octanol–water partition coefficient (Wildman–Crippen LogP) is 3.24. The van der Waals surface area contributed by atoms with Crippen molar-refractivity contribution in [2.45, 2.75) is 32.1 Å². The second kappa shape index (κ2) is 4.45. The van der Waals surface area contributed by atoms with Crippen LogP contribution in [-0.2, 0) is 10.2 Å². The summed E-state index contributed by atoms with van der Waals surface area (Å²) in [6.07, 6.45) is 1.77. The molecule has 3 heteroatoms. The van der Waals surface area contributed by atoms with Crippen LogP contribution in [0, 0.1) is 11.8 Å². The number of benzene rings is 1. The van der Waals surface area contributed by atoms with Gasteiger partial charge in [-0.15, -0.1) is 0 Å². The molecule has 1 aliphatic rings. The normalized spacial score (nSPS) is 27.9. The lowest BCUT2D eigenvalue weighted by molar-refractivity contribution is -0.129. The highest BCUT2D eigenvalue weighted by Gasteiger charge is 2.50. The number of rotatable bonds is 3. The number of halogens is 1. The molecule has 2 rings (SSSR count). The molecule has 0 unspecified atom stereocenters. The summed E-state index contributed by atoms with van der Waals surface area (Å²) < 4.78 is 1.00. The number of hydrogen-bond acceptors (Lipinski definition) is 1. The van der Waals surface area contributed by atoms with Crippen LogP contribution in [-0.4, -0.2) is 5.91 Å². The lowest BCUT2D eigenvalue weighted by Crippen LogP contribution is -2.52. The minimum Gasteiger partial charge on any atom is -0.369 e. The smallest absolute Gasteiger partial charge is 0.228 e. The van der Waals surface area contributed by atoms with Gasteiger partial charge in [0.15, 0.2) is 0 Å². The third-order valence-corrected chi connectivity index (χ3v) is 4.51. The van der Waals surface area contributed by atoms with E-state index in [1.807, 2.05) is 24.3 Å². The number of amides is 1. The fourth-order valence-corrected chi connectivity index (χ4v) is 3.07. The van der Waals surface area contributed by atoms with Crippen LogP contribution in [0.2, 0.25) is 0 Å². The Morgan fingerprint density at radius 2 is 2.12 bits per heavy atom. The first-order valence-corrected chi connectivity index (χ1v) is 6.81. The molecule has 0 atom stereocenters. The van der Waals surface area contributed by atoms with Crippen LogP contribution >= 0.6 is 15.9 Å². The van der Waals surface area contributed by atoms with Crippen LogP contribution in [0.15, 0.2) is 28.7 Å². The summed E-state index contributed by atoms with van der Waals surface area (Å²) in [5.41, 5.74) is 6.24. The van der Waals surface area contributed by atoms with Crippen LogP contribution in [0.25, 0.3) is 0 Å². The van der Waals surface area contributed by atoms with Gasteiger partial charge in [-0.25, -0.2) is 0 Å². The summed E-state index contributed by atoms with van der Waals surface area (Å²) in [6.45, 7) is 4.41. The van der Waals surface area contributed by atoms with E-state index in [0.717, 1.165) is 22.9 Å². The highest BCUT2D eigenvalue weighted by atomic mass is 79.9. The van der Waals surface area contributed by atoms with Crippen LogP contribution in [0.5, 0.6) is 0 Å². The summed E-state index contributed by atoms with van der Waals surface area (Å²) >= 11 is 3.45. The van der Waals surface area contributed by atoms with E-state index in [2.05, 4.69) is 29.8 Å². The first kappa shape index (κ1) is 12.6. The van der Waals surface area contributed by atoms with Gasteiger partial charge in [-0.05, 0) is 42.4 Å². The molecule has 0 radical (unpaired) electrons. The molecular weight excluding hydrogens is 278 g/mol. The lowest BCUT2D eigenvalue weighted by atomic mass is 9.55. The van der Waals surface area contributed by atoms with Crippen LogP contribution < -0.4 is 5.73 Å². The van der Waals surface area contributed by atoms with E-state index in [0.29, 0.717) is 11.8 Å². The summed E-state index contributed by atoms with van der Waals surface area (Å²) in [4.78, 5) is 11.8. The Kier molecular flexibility index (Phi) is 3.30. The Morgan fingerprint density at radius 1 is 1.47 bits per heavy atom. The second-order valence-electron chi connectivity index (χ2n) is 5.37. The Morgan fingerprint density at radius 3 is 2.59 bits per heavy atom. The molecule has 0 spiro atoms. The maximum atomic E-state index is 11.8. The Labute approximate surface area is 111 Å². The van der Waals surface area contributed by atoms with Crippen molar-refractivity contribution in [3.63, 3.8) is 0 Å². The second-order valence-corrected chi connectivity index (χ2v) is 6.28. The number of primary amides is 1. The van der Waals surface area contributed by atoms with Crippen molar-refractivity contribution in [2.24, 2.45) is 17.6 Å². The lowest BCUT2D eigenvalue weighted by Gasteiger charge is -2.47. The minimum atomic E-state index is -0.432. The molecule has 0 saturated heterocycles. The number of hydrogen-bond donors (Lipinski definition) is 1. The van der Waals surface area contributed by atoms with E-state index in [-0.39, 0.29) is 5.91 Å². The number of carbonyl (C=O) groups excluding carboxylic acids is 1. The predicted molar refractivity (Wildman–Crippen MR) is 72.6 cm³/mol. The molecule has 1 amide bonds. The topological polar surface area (TPSA) is 43.1 Å². The van der Waals surface area contributed by atoms with Crippen molar-refractivity contribution in [1.29, 1.82) is 0 Å². The molecule has 1 saturated carbocycles. The maximum Gasteiger partial charge on any atom is 0.228 e. The fraction of sp³-hybridized carbons (Fsp3) is 0.500. The summed E-state index contributed by atoms with van der Waals surface area (Å²) in [5, 5.41) is 0. The zero-order valence-electron chi connectivity index (χ0n) is 10.2. The molecule has 1 aromatic rings. The van der Waals surface area contributed by atoms with Crippen LogP contribution in [0.3, 0.4) is 0 Å². The van der Waals surface area contributed by atoms with E-state index in [9.17, 15) is 4.79 Å². The van der Waals surface area contributed by atoms with Gasteiger partial charge < -0.3 is 5.73 Å². The molecule has 92 valence electrons. The molecule has 0 aromatic heterocycles. The van der Waals surface area contributed by atoms with Gasteiger partial charge >= 0.3 is 0 Å². The van der Waals surface area contributed by atoms with Gasteiger partial charge in [-0.1, -0.05) is 41.9 Å². The van der Waals surface area contributed by atoms with E-state index in [1.54, 1.807) is 0 Å². The van der Waals surface area contributed by atoms with Crippen molar-refractivity contribution in [2.75, 3.05) is 0 Å². The van der Waals surface area contributed by atoms with E-state index in [1.165, 1.54) is 0 Å². The van der Waals surface area contributed by atoms with Gasteiger partial charge in [0.05, 0.1) is 5.41 Å². The van der Waals surface area contributed by atoms with Gasteiger partial charge in [0.25, 0.3) is 0 Å². The molecule has 1 fully saturated rings. The van der Waals surface area contributed by atoms with Crippen molar-refractivity contribution >= 4 is 21.8 Å². The molecule has 0 heterocycles.